The summed E-state index contributed by atoms with van der Waals surface area (Å²) in [5, 5.41) is 2.88. The van der Waals surface area contributed by atoms with E-state index < -0.39 is 25.2 Å². The first-order valence-electron chi connectivity index (χ1n) is 6.87. The molecule has 10 heteroatoms. The second-order valence-electron chi connectivity index (χ2n) is 4.83. The van der Waals surface area contributed by atoms with Crippen LogP contribution in [-0.2, 0) is 0 Å². The largest absolute Gasteiger partial charge is 0.403 e. The lowest BCUT2D eigenvalue weighted by Gasteiger charge is -2.39. The molecule has 132 valence electrons. The summed E-state index contributed by atoms with van der Waals surface area (Å²) in [4.78, 5) is 6.85. The van der Waals surface area contributed by atoms with Crippen LogP contribution in [0.5, 0.6) is 0 Å². The van der Waals surface area contributed by atoms with Crippen LogP contribution in [0.3, 0.4) is 0 Å². The molecule has 1 rings (SSSR count). The van der Waals surface area contributed by atoms with Crippen LogP contribution in [0.1, 0.15) is 13.8 Å². The average Bonchev–Trinajstić information content (AvgIpc) is 2.41. The molecule has 1 heterocycles. The van der Waals surface area contributed by atoms with E-state index in [-0.39, 0.29) is 37.1 Å². The monoisotopic (exact) mass is 444 g/mol. The van der Waals surface area contributed by atoms with Gasteiger partial charge >= 0.3 is 6.18 Å². The summed E-state index contributed by atoms with van der Waals surface area (Å²) in [6.45, 7) is 3.94. The first-order valence-corrected chi connectivity index (χ1v) is 6.87. The minimum absolute atomic E-state index is 0. The van der Waals surface area contributed by atoms with Crippen molar-refractivity contribution < 1.29 is 22.0 Å². The molecule has 1 aliphatic rings. The predicted molar refractivity (Wildman–Crippen MR) is 86.1 cm³/mol. The lowest BCUT2D eigenvalue weighted by molar-refractivity contribution is -0.181. The summed E-state index contributed by atoms with van der Waals surface area (Å²) < 4.78 is 62.4. The maximum Gasteiger partial charge on any atom is 0.403 e. The second kappa shape index (κ2) is 9.68. The molecule has 0 amide bonds. The van der Waals surface area contributed by atoms with Gasteiger partial charge in [-0.1, -0.05) is 0 Å². The van der Waals surface area contributed by atoms with Crippen LogP contribution in [0.4, 0.5) is 22.0 Å². The second-order valence-corrected chi connectivity index (χ2v) is 4.83. The highest BCUT2D eigenvalue weighted by Crippen LogP contribution is 2.25. The number of halogens is 6. The van der Waals surface area contributed by atoms with Crippen molar-refractivity contribution in [1.82, 2.24) is 15.1 Å². The van der Waals surface area contributed by atoms with Crippen LogP contribution in [-0.4, -0.2) is 73.7 Å². The Hall–Kier alpha value is -0.390. The molecule has 0 spiro atoms. The summed E-state index contributed by atoms with van der Waals surface area (Å²) >= 11 is 0. The number of hydrogen-bond acceptors (Lipinski definition) is 2. The standard InChI is InChI=1S/C12H21F5N4.HI/c1-3-18-11(19-8-10(13)14)21-6-4-20(5-7-21)9(2)12(15,16)17;/h9-10H,3-8H2,1-2H3,(H,18,19);1H. The van der Waals surface area contributed by atoms with Gasteiger partial charge in [0.15, 0.2) is 5.96 Å². The SMILES string of the molecule is CCNC(=NCC(F)F)N1CCN(C(C)C(F)(F)F)CC1.I. The molecular weight excluding hydrogens is 422 g/mol. The third kappa shape index (κ3) is 6.80. The average molecular weight is 444 g/mol. The number of rotatable bonds is 4. The molecule has 0 saturated carbocycles. The van der Waals surface area contributed by atoms with Gasteiger partial charge in [-0.25, -0.2) is 13.8 Å². The van der Waals surface area contributed by atoms with Gasteiger partial charge in [0.2, 0.25) is 0 Å². The summed E-state index contributed by atoms with van der Waals surface area (Å²) in [7, 11) is 0. The number of hydrogen-bond donors (Lipinski definition) is 1. The van der Waals surface area contributed by atoms with Gasteiger partial charge in [-0.05, 0) is 13.8 Å². The van der Waals surface area contributed by atoms with Gasteiger partial charge in [0.25, 0.3) is 6.43 Å². The molecule has 22 heavy (non-hydrogen) atoms. The molecule has 1 saturated heterocycles. The maximum atomic E-state index is 12.6. The zero-order chi connectivity index (χ0) is 16.0. The van der Waals surface area contributed by atoms with Crippen molar-refractivity contribution in [3.8, 4) is 0 Å². The summed E-state index contributed by atoms with van der Waals surface area (Å²) in [5.74, 6) is 0.331. The van der Waals surface area contributed by atoms with Crippen molar-refractivity contribution in [2.24, 2.45) is 4.99 Å². The highest BCUT2D eigenvalue weighted by atomic mass is 127. The molecule has 1 atom stereocenters. The Morgan fingerprint density at radius 3 is 2.14 bits per heavy atom. The van der Waals surface area contributed by atoms with Gasteiger partial charge in [0.05, 0.1) is 0 Å². The number of nitrogens with one attached hydrogen (secondary N) is 1. The fourth-order valence-corrected chi connectivity index (χ4v) is 2.11. The fourth-order valence-electron chi connectivity index (χ4n) is 2.11. The van der Waals surface area contributed by atoms with E-state index in [9.17, 15) is 22.0 Å². The van der Waals surface area contributed by atoms with Crippen LogP contribution in [0, 0.1) is 0 Å². The van der Waals surface area contributed by atoms with Gasteiger partial charge in [0.1, 0.15) is 12.6 Å². The highest BCUT2D eigenvalue weighted by Gasteiger charge is 2.41. The number of guanidine groups is 1. The highest BCUT2D eigenvalue weighted by molar-refractivity contribution is 14.0. The van der Waals surface area contributed by atoms with Crippen LogP contribution >= 0.6 is 24.0 Å². The first-order chi connectivity index (χ1) is 9.75. The van der Waals surface area contributed by atoms with Crippen molar-refractivity contribution in [2.45, 2.75) is 32.5 Å². The number of aliphatic imine (C=N–C) groups is 1. The molecular formula is C12H22F5IN4. The number of alkyl halides is 5. The number of piperazine rings is 1. The molecule has 0 aromatic rings. The van der Waals surface area contributed by atoms with Gasteiger partial charge in [-0.15, -0.1) is 24.0 Å². The Balaban J connectivity index is 0.00000441. The molecule has 0 aromatic heterocycles. The van der Waals surface area contributed by atoms with E-state index in [2.05, 4.69) is 10.3 Å². The smallest absolute Gasteiger partial charge is 0.357 e. The topological polar surface area (TPSA) is 30.9 Å². The third-order valence-corrected chi connectivity index (χ3v) is 3.35. The Bertz CT molecular complexity index is 343. The van der Waals surface area contributed by atoms with Crippen LogP contribution in [0.15, 0.2) is 4.99 Å². The van der Waals surface area contributed by atoms with Crippen LogP contribution < -0.4 is 5.32 Å². The lowest BCUT2D eigenvalue weighted by atomic mass is 10.2. The predicted octanol–water partition coefficient (Wildman–Crippen LogP) is 2.40. The molecule has 1 fully saturated rings. The van der Waals surface area contributed by atoms with Crippen molar-refractivity contribution in [3.63, 3.8) is 0 Å². The quantitative estimate of drug-likeness (QED) is 0.313. The summed E-state index contributed by atoms with van der Waals surface area (Å²) in [6.07, 6.45) is -6.79. The summed E-state index contributed by atoms with van der Waals surface area (Å²) in [5.41, 5.74) is 0. The van der Waals surface area contributed by atoms with Crippen molar-refractivity contribution >= 4 is 29.9 Å². The van der Waals surface area contributed by atoms with E-state index in [1.165, 1.54) is 4.90 Å². The van der Waals surface area contributed by atoms with E-state index in [1.807, 2.05) is 0 Å². The van der Waals surface area contributed by atoms with E-state index in [0.29, 0.717) is 25.6 Å². The van der Waals surface area contributed by atoms with Crippen LogP contribution in [0.2, 0.25) is 0 Å². The van der Waals surface area contributed by atoms with Crippen molar-refractivity contribution in [3.05, 3.63) is 0 Å². The number of nitrogens with zero attached hydrogens (tertiary/aromatic N) is 3. The molecule has 1 unspecified atom stereocenters. The van der Waals surface area contributed by atoms with Gasteiger partial charge < -0.3 is 10.2 Å². The van der Waals surface area contributed by atoms with Crippen molar-refractivity contribution in [2.75, 3.05) is 39.3 Å². The Kier molecular flexibility index (Phi) is 9.51. The molecule has 0 radical (unpaired) electrons. The van der Waals surface area contributed by atoms with E-state index in [0.717, 1.165) is 6.92 Å². The van der Waals surface area contributed by atoms with Crippen molar-refractivity contribution in [1.29, 1.82) is 0 Å². The zero-order valence-electron chi connectivity index (χ0n) is 12.5. The van der Waals surface area contributed by atoms with Gasteiger partial charge in [-0.2, -0.15) is 13.2 Å². The van der Waals surface area contributed by atoms with Gasteiger partial charge in [-0.3, -0.25) is 4.90 Å². The Labute approximate surface area is 144 Å². The molecule has 1 aliphatic heterocycles. The van der Waals surface area contributed by atoms with Crippen LogP contribution in [0.25, 0.3) is 0 Å². The van der Waals surface area contributed by atoms with E-state index in [4.69, 9.17) is 0 Å². The third-order valence-electron chi connectivity index (χ3n) is 3.35. The molecule has 0 bridgehead atoms. The Morgan fingerprint density at radius 1 is 1.18 bits per heavy atom. The molecule has 4 nitrogen and oxygen atoms in total. The fraction of sp³-hybridized carbons (Fsp3) is 0.917. The molecule has 0 aromatic carbocycles. The first kappa shape index (κ1) is 21.6. The normalized spacial score (nSPS) is 19.1. The van der Waals surface area contributed by atoms with E-state index >= 15 is 0 Å². The minimum Gasteiger partial charge on any atom is -0.357 e. The van der Waals surface area contributed by atoms with E-state index in [1.54, 1.807) is 11.8 Å². The Morgan fingerprint density at radius 2 is 1.73 bits per heavy atom. The lowest BCUT2D eigenvalue weighted by Crippen LogP contribution is -2.56. The summed E-state index contributed by atoms with van der Waals surface area (Å²) in [6, 6.07) is -1.50. The minimum atomic E-state index is -4.25. The molecule has 1 N–H and O–H groups in total. The van der Waals surface area contributed by atoms with Gasteiger partial charge in [0, 0.05) is 32.7 Å². The molecule has 0 aliphatic carbocycles. The maximum absolute atomic E-state index is 12.6. The zero-order valence-corrected chi connectivity index (χ0v) is 14.9.